The predicted molar refractivity (Wildman–Crippen MR) is 102 cm³/mol. The Morgan fingerprint density at radius 3 is 2.17 bits per heavy atom. The van der Waals surface area contributed by atoms with E-state index >= 15 is 0 Å². The first kappa shape index (κ1) is 20.7. The van der Waals surface area contributed by atoms with Crippen LogP contribution in [0, 0.1) is 11.8 Å². The lowest BCUT2D eigenvalue weighted by Gasteiger charge is -2.24. The van der Waals surface area contributed by atoms with Gasteiger partial charge in [0.2, 0.25) is 5.91 Å². The van der Waals surface area contributed by atoms with Crippen LogP contribution in [0.1, 0.15) is 57.8 Å². The standard InChI is InChI=1S/C19H29BrN2O2/c1-12(2)10-11-14(5)21-19(24)17(13(3)4)22-18(23)15-8-6-7-9-16(15)20/h6-9,12-14,17H,10-11H2,1-5H3,(H,21,24)(H,22,23)/t14-,17+/m1/s1. The largest absolute Gasteiger partial charge is 0.352 e. The summed E-state index contributed by atoms with van der Waals surface area (Å²) in [7, 11) is 0. The minimum Gasteiger partial charge on any atom is -0.352 e. The Bertz CT molecular complexity index is 558. The van der Waals surface area contributed by atoms with Crippen LogP contribution in [0.25, 0.3) is 0 Å². The van der Waals surface area contributed by atoms with Gasteiger partial charge in [-0.05, 0) is 59.7 Å². The molecule has 0 saturated carbocycles. The van der Waals surface area contributed by atoms with Crippen LogP contribution < -0.4 is 10.6 Å². The zero-order valence-corrected chi connectivity index (χ0v) is 16.8. The van der Waals surface area contributed by atoms with Gasteiger partial charge in [-0.15, -0.1) is 0 Å². The van der Waals surface area contributed by atoms with Crippen LogP contribution in [-0.2, 0) is 4.79 Å². The lowest BCUT2D eigenvalue weighted by molar-refractivity contribution is -0.124. The molecule has 0 aliphatic carbocycles. The summed E-state index contributed by atoms with van der Waals surface area (Å²) < 4.78 is 0.718. The Labute approximate surface area is 153 Å². The second-order valence-corrected chi connectivity index (χ2v) is 7.91. The molecule has 1 rings (SSSR count). The molecule has 4 nitrogen and oxygen atoms in total. The van der Waals surface area contributed by atoms with E-state index in [-0.39, 0.29) is 23.8 Å². The quantitative estimate of drug-likeness (QED) is 0.693. The molecule has 0 aliphatic rings. The molecule has 1 aromatic carbocycles. The SMILES string of the molecule is CC(C)CC[C@@H](C)NC(=O)[C@@H](NC(=O)c1ccccc1Br)C(C)C. The van der Waals surface area contributed by atoms with Crippen LogP contribution >= 0.6 is 15.9 Å². The van der Waals surface area contributed by atoms with Crippen molar-refractivity contribution in [2.24, 2.45) is 11.8 Å². The number of hydrogen-bond acceptors (Lipinski definition) is 2. The summed E-state index contributed by atoms with van der Waals surface area (Å²) in [6.07, 6.45) is 2.00. The van der Waals surface area contributed by atoms with Crippen molar-refractivity contribution in [1.29, 1.82) is 0 Å². The third-order valence-corrected chi connectivity index (χ3v) is 4.61. The first-order valence-corrected chi connectivity index (χ1v) is 9.37. The van der Waals surface area contributed by atoms with Gasteiger partial charge >= 0.3 is 0 Å². The Balaban J connectivity index is 2.71. The average molecular weight is 397 g/mol. The summed E-state index contributed by atoms with van der Waals surface area (Å²) in [6.45, 7) is 10.2. The van der Waals surface area contributed by atoms with Gasteiger partial charge in [-0.25, -0.2) is 0 Å². The van der Waals surface area contributed by atoms with Crippen molar-refractivity contribution in [3.05, 3.63) is 34.3 Å². The van der Waals surface area contributed by atoms with Crippen molar-refractivity contribution in [1.82, 2.24) is 10.6 Å². The first-order valence-electron chi connectivity index (χ1n) is 8.58. The number of nitrogens with one attached hydrogen (secondary N) is 2. The van der Waals surface area contributed by atoms with Crippen LogP contribution in [0.2, 0.25) is 0 Å². The highest BCUT2D eigenvalue weighted by atomic mass is 79.9. The monoisotopic (exact) mass is 396 g/mol. The average Bonchev–Trinajstić information content (AvgIpc) is 2.50. The third-order valence-electron chi connectivity index (χ3n) is 3.92. The van der Waals surface area contributed by atoms with Crippen molar-refractivity contribution in [3.8, 4) is 0 Å². The van der Waals surface area contributed by atoms with Gasteiger partial charge in [0.1, 0.15) is 6.04 Å². The molecule has 0 aromatic heterocycles. The fraction of sp³-hybridized carbons (Fsp3) is 0.579. The van der Waals surface area contributed by atoms with Crippen LogP contribution in [0.3, 0.4) is 0 Å². The Morgan fingerprint density at radius 2 is 1.62 bits per heavy atom. The maximum Gasteiger partial charge on any atom is 0.253 e. The zero-order valence-electron chi connectivity index (χ0n) is 15.2. The van der Waals surface area contributed by atoms with Crippen molar-refractivity contribution < 1.29 is 9.59 Å². The molecule has 0 radical (unpaired) electrons. The molecule has 2 atom stereocenters. The first-order chi connectivity index (χ1) is 11.2. The van der Waals surface area contributed by atoms with Crippen molar-refractivity contribution in [2.75, 3.05) is 0 Å². The summed E-state index contributed by atoms with van der Waals surface area (Å²) in [5.41, 5.74) is 0.531. The maximum atomic E-state index is 12.6. The summed E-state index contributed by atoms with van der Waals surface area (Å²) in [5.74, 6) is 0.252. The molecule has 0 spiro atoms. The molecule has 0 aliphatic heterocycles. The molecular weight excluding hydrogens is 368 g/mol. The minimum absolute atomic E-state index is 0.00809. The van der Waals surface area contributed by atoms with Gasteiger partial charge in [0.25, 0.3) is 5.91 Å². The minimum atomic E-state index is -0.550. The number of carbonyl (C=O) groups excluding carboxylic acids is 2. The fourth-order valence-electron chi connectivity index (χ4n) is 2.39. The fourth-order valence-corrected chi connectivity index (χ4v) is 2.85. The highest BCUT2D eigenvalue weighted by Crippen LogP contribution is 2.16. The Kier molecular flexibility index (Phi) is 8.46. The normalized spacial score (nSPS) is 13.7. The van der Waals surface area contributed by atoms with Crippen LogP contribution in [-0.4, -0.2) is 23.9 Å². The van der Waals surface area contributed by atoms with E-state index in [2.05, 4.69) is 40.4 Å². The molecule has 0 saturated heterocycles. The summed E-state index contributed by atoms with van der Waals surface area (Å²) in [5, 5.41) is 5.89. The van der Waals surface area contributed by atoms with E-state index in [0.717, 1.165) is 17.3 Å². The van der Waals surface area contributed by atoms with Crippen LogP contribution in [0.15, 0.2) is 28.7 Å². The van der Waals surface area contributed by atoms with Gasteiger partial charge in [-0.1, -0.05) is 39.8 Å². The van der Waals surface area contributed by atoms with Gasteiger partial charge in [0, 0.05) is 10.5 Å². The maximum absolute atomic E-state index is 12.6. The molecule has 5 heteroatoms. The van der Waals surface area contributed by atoms with Crippen LogP contribution in [0.4, 0.5) is 0 Å². The second kappa shape index (κ2) is 9.82. The van der Waals surface area contributed by atoms with E-state index in [4.69, 9.17) is 0 Å². The summed E-state index contributed by atoms with van der Waals surface area (Å²) in [6, 6.07) is 6.75. The van der Waals surface area contributed by atoms with E-state index in [1.165, 1.54) is 0 Å². The highest BCUT2D eigenvalue weighted by molar-refractivity contribution is 9.10. The van der Waals surface area contributed by atoms with Gasteiger partial charge in [-0.2, -0.15) is 0 Å². The van der Waals surface area contributed by atoms with E-state index < -0.39 is 6.04 Å². The summed E-state index contributed by atoms with van der Waals surface area (Å²) in [4.78, 5) is 25.0. The van der Waals surface area contributed by atoms with Gasteiger partial charge in [0.15, 0.2) is 0 Å². The smallest absolute Gasteiger partial charge is 0.253 e. The molecular formula is C19H29BrN2O2. The van der Waals surface area contributed by atoms with Gasteiger partial charge in [0.05, 0.1) is 5.56 Å². The van der Waals surface area contributed by atoms with Crippen molar-refractivity contribution in [3.63, 3.8) is 0 Å². The zero-order chi connectivity index (χ0) is 18.3. The van der Waals surface area contributed by atoms with E-state index in [0.29, 0.717) is 11.5 Å². The molecule has 0 bridgehead atoms. The van der Waals surface area contributed by atoms with Crippen molar-refractivity contribution in [2.45, 2.75) is 59.5 Å². The van der Waals surface area contributed by atoms with Crippen molar-refractivity contribution >= 4 is 27.7 Å². The highest BCUT2D eigenvalue weighted by Gasteiger charge is 2.26. The second-order valence-electron chi connectivity index (χ2n) is 7.06. The number of amides is 2. The lowest BCUT2D eigenvalue weighted by Crippen LogP contribution is -2.51. The van der Waals surface area contributed by atoms with E-state index in [1.807, 2.05) is 32.9 Å². The molecule has 0 fully saturated rings. The summed E-state index contributed by atoms with van der Waals surface area (Å²) >= 11 is 3.37. The molecule has 2 amide bonds. The van der Waals surface area contributed by atoms with Gasteiger partial charge < -0.3 is 10.6 Å². The van der Waals surface area contributed by atoms with E-state index in [1.54, 1.807) is 12.1 Å². The number of hydrogen-bond donors (Lipinski definition) is 2. The Morgan fingerprint density at radius 1 is 1.00 bits per heavy atom. The van der Waals surface area contributed by atoms with E-state index in [9.17, 15) is 9.59 Å². The molecule has 24 heavy (non-hydrogen) atoms. The molecule has 2 N–H and O–H groups in total. The molecule has 1 aromatic rings. The number of carbonyl (C=O) groups is 2. The lowest BCUT2D eigenvalue weighted by atomic mass is 10.0. The number of rotatable bonds is 8. The molecule has 0 heterocycles. The van der Waals surface area contributed by atoms with Gasteiger partial charge in [-0.3, -0.25) is 9.59 Å². The third kappa shape index (κ3) is 6.63. The van der Waals surface area contributed by atoms with Crippen LogP contribution in [0.5, 0.6) is 0 Å². The number of benzene rings is 1. The topological polar surface area (TPSA) is 58.2 Å². The predicted octanol–water partition coefficient (Wildman–Crippen LogP) is 4.14. The molecule has 0 unspecified atom stereocenters. The Hall–Kier alpha value is -1.36. The molecule has 134 valence electrons. The number of halogens is 1.